The zero-order chi connectivity index (χ0) is 16.7. The van der Waals surface area contributed by atoms with Gasteiger partial charge in [-0.1, -0.05) is 12.1 Å². The lowest BCUT2D eigenvalue weighted by molar-refractivity contribution is 0.0774. The van der Waals surface area contributed by atoms with Crippen molar-refractivity contribution in [3.63, 3.8) is 0 Å². The second-order valence-electron chi connectivity index (χ2n) is 5.15. The van der Waals surface area contributed by atoms with Crippen LogP contribution in [0.2, 0.25) is 0 Å². The zero-order valence-corrected chi connectivity index (χ0v) is 13.5. The molecule has 0 spiro atoms. The van der Waals surface area contributed by atoms with Crippen LogP contribution >= 0.6 is 0 Å². The first-order chi connectivity index (χ1) is 11.1. The molecule has 0 fully saturated rings. The van der Waals surface area contributed by atoms with Crippen molar-refractivity contribution in [1.82, 2.24) is 4.90 Å². The fourth-order valence-corrected chi connectivity index (χ4v) is 2.08. The van der Waals surface area contributed by atoms with E-state index in [2.05, 4.69) is 0 Å². The molecule has 122 valence electrons. The van der Waals surface area contributed by atoms with Gasteiger partial charge in [0.15, 0.2) is 0 Å². The Kier molecular flexibility index (Phi) is 6.00. The molecule has 0 aliphatic heterocycles. The molecule has 23 heavy (non-hydrogen) atoms. The third-order valence-electron chi connectivity index (χ3n) is 3.54. The lowest BCUT2D eigenvalue weighted by atomic mass is 10.1. The molecular weight excluding hydrogens is 292 g/mol. The zero-order valence-electron chi connectivity index (χ0n) is 13.5. The van der Waals surface area contributed by atoms with E-state index in [0.717, 1.165) is 17.1 Å². The van der Waals surface area contributed by atoms with Crippen molar-refractivity contribution >= 4 is 5.91 Å². The van der Waals surface area contributed by atoms with Crippen molar-refractivity contribution < 1.29 is 14.3 Å². The molecule has 0 aliphatic rings. The predicted octanol–water partition coefficient (Wildman–Crippen LogP) is 2.30. The van der Waals surface area contributed by atoms with Gasteiger partial charge < -0.3 is 20.1 Å². The molecule has 0 aromatic heterocycles. The molecule has 0 radical (unpaired) electrons. The Labute approximate surface area is 136 Å². The Morgan fingerprint density at radius 3 is 2.22 bits per heavy atom. The first kappa shape index (κ1) is 16.8. The lowest BCUT2D eigenvalue weighted by Gasteiger charge is -2.17. The molecule has 2 rings (SSSR count). The highest BCUT2D eigenvalue weighted by Crippen LogP contribution is 2.17. The van der Waals surface area contributed by atoms with Gasteiger partial charge in [0.05, 0.1) is 13.7 Å². The van der Waals surface area contributed by atoms with E-state index in [1.807, 2.05) is 36.4 Å². The summed E-state index contributed by atoms with van der Waals surface area (Å²) in [5, 5.41) is 0. The highest BCUT2D eigenvalue weighted by molar-refractivity contribution is 5.94. The Morgan fingerprint density at radius 1 is 1.04 bits per heavy atom. The molecule has 5 nitrogen and oxygen atoms in total. The second-order valence-corrected chi connectivity index (χ2v) is 5.15. The van der Waals surface area contributed by atoms with Crippen LogP contribution < -0.4 is 15.2 Å². The van der Waals surface area contributed by atoms with Gasteiger partial charge in [0, 0.05) is 19.2 Å². The van der Waals surface area contributed by atoms with E-state index in [-0.39, 0.29) is 5.91 Å². The molecule has 5 heteroatoms. The van der Waals surface area contributed by atoms with Crippen LogP contribution in [-0.4, -0.2) is 38.1 Å². The number of nitrogens with two attached hydrogens (primary N) is 1. The number of benzene rings is 2. The van der Waals surface area contributed by atoms with Crippen molar-refractivity contribution in [1.29, 1.82) is 0 Å². The number of carbonyl (C=O) groups excluding carboxylic acids is 1. The van der Waals surface area contributed by atoms with Crippen molar-refractivity contribution in [2.45, 2.75) is 6.54 Å². The standard InChI is InChI=1S/C18H22N2O3/c1-20(18(21)15-5-3-14(13-19)4-6-15)11-12-23-17-9-7-16(22-2)8-10-17/h3-10H,11-13,19H2,1-2H3. The normalized spacial score (nSPS) is 10.2. The number of nitrogens with zero attached hydrogens (tertiary/aromatic N) is 1. The lowest BCUT2D eigenvalue weighted by Crippen LogP contribution is -2.30. The maximum Gasteiger partial charge on any atom is 0.253 e. The molecule has 0 saturated carbocycles. The second kappa shape index (κ2) is 8.19. The molecule has 0 unspecified atom stereocenters. The summed E-state index contributed by atoms with van der Waals surface area (Å²) in [6.07, 6.45) is 0. The average Bonchev–Trinajstić information content (AvgIpc) is 2.61. The van der Waals surface area contributed by atoms with Gasteiger partial charge in [-0.3, -0.25) is 4.79 Å². The maximum atomic E-state index is 12.3. The Hall–Kier alpha value is -2.53. The summed E-state index contributed by atoms with van der Waals surface area (Å²) in [4.78, 5) is 13.9. The number of likely N-dealkylation sites (N-methyl/N-ethyl adjacent to an activating group) is 1. The van der Waals surface area contributed by atoms with Crippen molar-refractivity contribution in [2.24, 2.45) is 5.73 Å². The van der Waals surface area contributed by atoms with Crippen molar-refractivity contribution in [3.05, 3.63) is 59.7 Å². The molecule has 0 aliphatic carbocycles. The number of rotatable bonds is 7. The minimum absolute atomic E-state index is 0.0353. The SMILES string of the molecule is COc1ccc(OCCN(C)C(=O)c2ccc(CN)cc2)cc1. The van der Waals surface area contributed by atoms with Gasteiger partial charge in [-0.25, -0.2) is 0 Å². The topological polar surface area (TPSA) is 64.8 Å². The predicted molar refractivity (Wildman–Crippen MR) is 89.8 cm³/mol. The highest BCUT2D eigenvalue weighted by atomic mass is 16.5. The summed E-state index contributed by atoms with van der Waals surface area (Å²) in [6.45, 7) is 1.40. The number of carbonyl (C=O) groups is 1. The van der Waals surface area contributed by atoms with Gasteiger partial charge >= 0.3 is 0 Å². The van der Waals surface area contributed by atoms with Gasteiger partial charge in [0.1, 0.15) is 18.1 Å². The summed E-state index contributed by atoms with van der Waals surface area (Å²) in [5.41, 5.74) is 7.21. The van der Waals surface area contributed by atoms with E-state index < -0.39 is 0 Å². The Balaban J connectivity index is 1.83. The molecule has 2 aromatic rings. The number of ether oxygens (including phenoxy) is 2. The number of hydrogen-bond donors (Lipinski definition) is 1. The number of hydrogen-bond acceptors (Lipinski definition) is 4. The quantitative estimate of drug-likeness (QED) is 0.852. The first-order valence-corrected chi connectivity index (χ1v) is 7.45. The highest BCUT2D eigenvalue weighted by Gasteiger charge is 2.11. The number of methoxy groups -OCH3 is 1. The van der Waals surface area contributed by atoms with E-state index in [9.17, 15) is 4.79 Å². The largest absolute Gasteiger partial charge is 0.497 e. The molecule has 0 bridgehead atoms. The van der Waals surface area contributed by atoms with E-state index >= 15 is 0 Å². The maximum absolute atomic E-state index is 12.3. The van der Waals surface area contributed by atoms with Crippen molar-refractivity contribution in [2.75, 3.05) is 27.3 Å². The third kappa shape index (κ3) is 4.72. The van der Waals surface area contributed by atoms with E-state index in [0.29, 0.717) is 25.3 Å². The van der Waals surface area contributed by atoms with Crippen LogP contribution in [0.25, 0.3) is 0 Å². The molecular formula is C18H22N2O3. The Morgan fingerprint density at radius 2 is 1.65 bits per heavy atom. The van der Waals surface area contributed by atoms with Crippen LogP contribution in [-0.2, 0) is 6.54 Å². The third-order valence-corrected chi connectivity index (χ3v) is 3.54. The van der Waals surface area contributed by atoms with E-state index in [4.69, 9.17) is 15.2 Å². The molecule has 1 amide bonds. The summed E-state index contributed by atoms with van der Waals surface area (Å²) in [6, 6.07) is 14.7. The molecule has 2 aromatic carbocycles. The van der Waals surface area contributed by atoms with Gasteiger partial charge in [0.2, 0.25) is 0 Å². The molecule has 0 atom stereocenters. The fourth-order valence-electron chi connectivity index (χ4n) is 2.08. The van der Waals surface area contributed by atoms with Gasteiger partial charge in [-0.2, -0.15) is 0 Å². The Bertz CT molecular complexity index is 624. The number of amides is 1. The monoisotopic (exact) mass is 314 g/mol. The van der Waals surface area contributed by atoms with Crippen LogP contribution in [0.3, 0.4) is 0 Å². The average molecular weight is 314 g/mol. The summed E-state index contributed by atoms with van der Waals surface area (Å²) in [7, 11) is 3.38. The van der Waals surface area contributed by atoms with Crippen LogP contribution in [0.5, 0.6) is 11.5 Å². The summed E-state index contributed by atoms with van der Waals surface area (Å²) in [5.74, 6) is 1.50. The summed E-state index contributed by atoms with van der Waals surface area (Å²) >= 11 is 0. The van der Waals surface area contributed by atoms with Crippen LogP contribution in [0.4, 0.5) is 0 Å². The van der Waals surface area contributed by atoms with Crippen LogP contribution in [0, 0.1) is 0 Å². The fraction of sp³-hybridized carbons (Fsp3) is 0.278. The van der Waals surface area contributed by atoms with E-state index in [1.54, 1.807) is 31.2 Å². The van der Waals surface area contributed by atoms with Crippen LogP contribution in [0.1, 0.15) is 15.9 Å². The smallest absolute Gasteiger partial charge is 0.253 e. The minimum atomic E-state index is -0.0353. The molecule has 0 heterocycles. The van der Waals surface area contributed by atoms with Crippen molar-refractivity contribution in [3.8, 4) is 11.5 Å². The minimum Gasteiger partial charge on any atom is -0.497 e. The molecule has 0 saturated heterocycles. The van der Waals surface area contributed by atoms with Gasteiger partial charge in [-0.15, -0.1) is 0 Å². The molecule has 2 N–H and O–H groups in total. The van der Waals surface area contributed by atoms with Gasteiger partial charge in [-0.05, 0) is 42.0 Å². The van der Waals surface area contributed by atoms with E-state index in [1.165, 1.54) is 0 Å². The first-order valence-electron chi connectivity index (χ1n) is 7.45. The van der Waals surface area contributed by atoms with Gasteiger partial charge in [0.25, 0.3) is 5.91 Å². The summed E-state index contributed by atoms with van der Waals surface area (Å²) < 4.78 is 10.7. The van der Waals surface area contributed by atoms with Crippen LogP contribution in [0.15, 0.2) is 48.5 Å².